The van der Waals surface area contributed by atoms with E-state index >= 15 is 0 Å². The fourth-order valence-corrected chi connectivity index (χ4v) is 4.68. The standard InChI is InChI=1S/C20H26N6O4/c1-10-13(11(2)21-16-15(10)17(28)25(4)24-16)9-14(27)26-7-5-12(6-8-26)20(3)18(29)22-19(30)23-20/h12H,5-9H2,1-4H3,(H,21,24)(H2,22,23,29,30). The average molecular weight is 414 g/mol. The quantitative estimate of drug-likeness (QED) is 0.621. The number of likely N-dealkylation sites (tertiary alicyclic amines) is 1. The molecule has 3 N–H and O–H groups in total. The van der Waals surface area contributed by atoms with Crippen molar-refractivity contribution >= 4 is 28.9 Å². The van der Waals surface area contributed by atoms with Crippen LogP contribution in [0, 0.1) is 19.8 Å². The number of carbonyl (C=O) groups is 3. The zero-order chi connectivity index (χ0) is 21.8. The number of amides is 4. The predicted octanol–water partition coefficient (Wildman–Crippen LogP) is 0.258. The maximum atomic E-state index is 13.0. The number of fused-ring (bicyclic) bond motifs is 1. The van der Waals surface area contributed by atoms with Gasteiger partial charge in [-0.05, 0) is 50.7 Å². The Balaban J connectivity index is 1.48. The number of nitrogens with zero attached hydrogens (tertiary/aromatic N) is 3. The maximum absolute atomic E-state index is 13.0. The van der Waals surface area contributed by atoms with E-state index in [0.717, 1.165) is 16.8 Å². The summed E-state index contributed by atoms with van der Waals surface area (Å²) >= 11 is 0. The molecule has 30 heavy (non-hydrogen) atoms. The zero-order valence-corrected chi connectivity index (χ0v) is 17.6. The van der Waals surface area contributed by atoms with Gasteiger partial charge in [0.15, 0.2) is 5.65 Å². The van der Waals surface area contributed by atoms with E-state index in [1.807, 2.05) is 13.8 Å². The molecular formula is C20H26N6O4. The molecule has 0 saturated carbocycles. The van der Waals surface area contributed by atoms with Gasteiger partial charge in [0.25, 0.3) is 11.5 Å². The average Bonchev–Trinajstić information content (AvgIpc) is 3.13. The number of pyridine rings is 1. The SMILES string of the molecule is Cc1nc2[nH]n(C)c(=O)c2c(C)c1CC(=O)N1CCC(C2(C)NC(=O)NC2=O)CC1. The van der Waals surface area contributed by atoms with Crippen molar-refractivity contribution in [2.75, 3.05) is 13.1 Å². The van der Waals surface area contributed by atoms with Gasteiger partial charge in [0.2, 0.25) is 5.91 Å². The van der Waals surface area contributed by atoms with Crippen molar-refractivity contribution < 1.29 is 14.4 Å². The Bertz CT molecular complexity index is 1120. The summed E-state index contributed by atoms with van der Waals surface area (Å²) in [4.78, 5) is 55.3. The lowest BCUT2D eigenvalue weighted by Crippen LogP contribution is -2.54. The minimum Gasteiger partial charge on any atom is -0.342 e. The minimum absolute atomic E-state index is 0.0294. The van der Waals surface area contributed by atoms with Gasteiger partial charge in [-0.3, -0.25) is 29.5 Å². The Labute approximate surface area is 173 Å². The van der Waals surface area contributed by atoms with Gasteiger partial charge in [-0.2, -0.15) is 0 Å². The van der Waals surface area contributed by atoms with E-state index in [1.54, 1.807) is 18.9 Å². The van der Waals surface area contributed by atoms with E-state index in [1.165, 1.54) is 4.68 Å². The fraction of sp³-hybridized carbons (Fsp3) is 0.550. The number of hydrogen-bond donors (Lipinski definition) is 3. The summed E-state index contributed by atoms with van der Waals surface area (Å²) in [5.74, 6) is -0.369. The summed E-state index contributed by atoms with van der Waals surface area (Å²) in [5, 5.41) is 8.47. The third kappa shape index (κ3) is 3.06. The minimum atomic E-state index is -0.928. The number of imide groups is 1. The molecule has 0 radical (unpaired) electrons. The van der Waals surface area contributed by atoms with Crippen LogP contribution in [0.2, 0.25) is 0 Å². The lowest BCUT2D eigenvalue weighted by molar-refractivity contribution is -0.133. The van der Waals surface area contributed by atoms with Gasteiger partial charge in [-0.15, -0.1) is 0 Å². The monoisotopic (exact) mass is 414 g/mol. The van der Waals surface area contributed by atoms with Crippen molar-refractivity contribution in [3.05, 3.63) is 27.2 Å². The van der Waals surface area contributed by atoms with Crippen LogP contribution in [-0.2, 0) is 23.1 Å². The van der Waals surface area contributed by atoms with E-state index < -0.39 is 11.6 Å². The highest BCUT2D eigenvalue weighted by atomic mass is 16.2. The van der Waals surface area contributed by atoms with Gasteiger partial charge in [-0.25, -0.2) is 9.78 Å². The molecule has 4 amide bonds. The predicted molar refractivity (Wildman–Crippen MR) is 109 cm³/mol. The van der Waals surface area contributed by atoms with Crippen LogP contribution in [-0.4, -0.2) is 56.1 Å². The molecule has 4 heterocycles. The summed E-state index contributed by atoms with van der Waals surface area (Å²) in [6.07, 6.45) is 1.43. The Morgan fingerprint density at radius 2 is 1.87 bits per heavy atom. The number of aromatic nitrogens is 3. The number of carbonyl (C=O) groups excluding carboxylic acids is 3. The van der Waals surface area contributed by atoms with Gasteiger partial charge in [-0.1, -0.05) is 0 Å². The number of urea groups is 1. The normalized spacial score (nSPS) is 22.5. The zero-order valence-electron chi connectivity index (χ0n) is 17.6. The fourth-order valence-electron chi connectivity index (χ4n) is 4.68. The lowest BCUT2D eigenvalue weighted by Gasteiger charge is -2.38. The van der Waals surface area contributed by atoms with E-state index in [-0.39, 0.29) is 29.7 Å². The van der Waals surface area contributed by atoms with Crippen LogP contribution in [0.4, 0.5) is 4.79 Å². The van der Waals surface area contributed by atoms with Crippen molar-refractivity contribution in [3.63, 3.8) is 0 Å². The van der Waals surface area contributed by atoms with Gasteiger partial charge >= 0.3 is 6.03 Å². The maximum Gasteiger partial charge on any atom is 0.322 e. The highest BCUT2D eigenvalue weighted by molar-refractivity contribution is 6.07. The number of nitrogens with one attached hydrogen (secondary N) is 3. The Hall–Kier alpha value is -3.17. The first-order valence-electron chi connectivity index (χ1n) is 10.1. The Morgan fingerprint density at radius 3 is 2.47 bits per heavy atom. The van der Waals surface area contributed by atoms with E-state index in [4.69, 9.17) is 0 Å². The first-order chi connectivity index (χ1) is 14.1. The molecule has 10 nitrogen and oxygen atoms in total. The van der Waals surface area contributed by atoms with Crippen molar-refractivity contribution in [2.24, 2.45) is 13.0 Å². The summed E-state index contributed by atoms with van der Waals surface area (Å²) in [6, 6.07) is -0.467. The van der Waals surface area contributed by atoms with Crippen LogP contribution in [0.1, 0.15) is 36.6 Å². The lowest BCUT2D eigenvalue weighted by atomic mass is 9.79. The number of piperidine rings is 1. The molecule has 1 atom stereocenters. The number of H-pyrrole nitrogens is 1. The first-order valence-corrected chi connectivity index (χ1v) is 10.1. The van der Waals surface area contributed by atoms with Crippen LogP contribution >= 0.6 is 0 Å². The number of aromatic amines is 1. The molecule has 1 unspecified atom stereocenters. The summed E-state index contributed by atoms with van der Waals surface area (Å²) in [7, 11) is 1.64. The Morgan fingerprint density at radius 1 is 1.20 bits per heavy atom. The molecule has 0 aromatic carbocycles. The summed E-state index contributed by atoms with van der Waals surface area (Å²) in [6.45, 7) is 6.46. The molecule has 0 spiro atoms. The second kappa shape index (κ2) is 6.96. The van der Waals surface area contributed by atoms with Crippen LogP contribution in [0.25, 0.3) is 11.0 Å². The highest BCUT2D eigenvalue weighted by Gasteiger charge is 2.48. The van der Waals surface area contributed by atoms with Gasteiger partial charge in [0.1, 0.15) is 5.54 Å². The molecule has 2 saturated heterocycles. The second-order valence-electron chi connectivity index (χ2n) is 8.44. The van der Waals surface area contributed by atoms with Crippen molar-refractivity contribution in [1.82, 2.24) is 30.3 Å². The third-order valence-electron chi connectivity index (χ3n) is 6.64. The molecule has 0 aliphatic carbocycles. The number of aryl methyl sites for hydroxylation is 3. The molecule has 2 aliphatic heterocycles. The summed E-state index contributed by atoms with van der Waals surface area (Å²) in [5.41, 5.74) is 1.72. The largest absolute Gasteiger partial charge is 0.342 e. The van der Waals surface area contributed by atoms with Gasteiger partial charge < -0.3 is 10.2 Å². The van der Waals surface area contributed by atoms with Crippen molar-refractivity contribution in [1.29, 1.82) is 0 Å². The van der Waals surface area contributed by atoms with E-state index in [9.17, 15) is 19.2 Å². The smallest absolute Gasteiger partial charge is 0.322 e. The molecule has 4 rings (SSSR count). The molecule has 2 aromatic rings. The van der Waals surface area contributed by atoms with Gasteiger partial charge in [0.05, 0.1) is 11.8 Å². The van der Waals surface area contributed by atoms with Crippen LogP contribution in [0.15, 0.2) is 4.79 Å². The highest BCUT2D eigenvalue weighted by Crippen LogP contribution is 2.31. The molecule has 10 heteroatoms. The molecule has 2 aromatic heterocycles. The van der Waals surface area contributed by atoms with E-state index in [0.29, 0.717) is 37.0 Å². The number of rotatable bonds is 3. The molecular weight excluding hydrogens is 388 g/mol. The molecule has 0 bridgehead atoms. The summed E-state index contributed by atoms with van der Waals surface area (Å²) < 4.78 is 1.39. The molecule has 2 aliphatic rings. The number of hydrogen-bond acceptors (Lipinski definition) is 5. The van der Waals surface area contributed by atoms with Crippen molar-refractivity contribution in [3.8, 4) is 0 Å². The molecule has 2 fully saturated rings. The second-order valence-corrected chi connectivity index (χ2v) is 8.44. The first kappa shape index (κ1) is 20.1. The molecule has 160 valence electrons. The Kier molecular flexibility index (Phi) is 4.67. The van der Waals surface area contributed by atoms with Gasteiger partial charge in [0, 0.05) is 25.8 Å². The van der Waals surface area contributed by atoms with E-state index in [2.05, 4.69) is 20.7 Å². The van der Waals surface area contributed by atoms with Crippen LogP contribution in [0.3, 0.4) is 0 Å². The topological polar surface area (TPSA) is 129 Å². The van der Waals surface area contributed by atoms with Crippen LogP contribution < -0.4 is 16.2 Å². The van der Waals surface area contributed by atoms with Crippen LogP contribution in [0.5, 0.6) is 0 Å². The van der Waals surface area contributed by atoms with Crippen molar-refractivity contribution in [2.45, 2.75) is 45.6 Å². The third-order valence-corrected chi connectivity index (χ3v) is 6.64.